The Hall–Kier alpha value is -4.13. The minimum atomic E-state index is -0.704. The third-order valence-corrected chi connectivity index (χ3v) is 5.83. The molecule has 7 heteroatoms. The molecule has 0 saturated heterocycles. The predicted molar refractivity (Wildman–Crippen MR) is 122 cm³/mol. The molecular formula is C26H21F2N3O2. The standard InChI is InChI=1S/C26H21F2N3O2/c1-33-20-11-8-17(9-12-20)25-24-7-4-14-30(24)23-6-3-2-5-18(23)16-31(25)26(32)29-22-15-19(27)10-13-21(22)28/h2-15,25H,16H2,1H3,(H,29,32). The molecule has 0 fully saturated rings. The monoisotopic (exact) mass is 445 g/mol. The fraction of sp³-hybridized carbons (Fsp3) is 0.115. The summed E-state index contributed by atoms with van der Waals surface area (Å²) >= 11 is 0. The molecule has 1 unspecified atom stereocenters. The van der Waals surface area contributed by atoms with Crippen molar-refractivity contribution in [1.29, 1.82) is 0 Å². The lowest BCUT2D eigenvalue weighted by Crippen LogP contribution is -2.38. The second-order valence-electron chi connectivity index (χ2n) is 7.79. The topological polar surface area (TPSA) is 46.5 Å². The van der Waals surface area contributed by atoms with Crippen LogP contribution in [0, 0.1) is 11.6 Å². The van der Waals surface area contributed by atoms with Gasteiger partial charge in [0.05, 0.1) is 31.1 Å². The number of hydrogen-bond acceptors (Lipinski definition) is 2. The van der Waals surface area contributed by atoms with E-state index in [9.17, 15) is 13.6 Å². The molecule has 2 heterocycles. The molecule has 0 saturated carbocycles. The van der Waals surface area contributed by atoms with E-state index in [1.54, 1.807) is 12.0 Å². The van der Waals surface area contributed by atoms with E-state index in [-0.39, 0.29) is 12.2 Å². The third-order valence-electron chi connectivity index (χ3n) is 5.83. The van der Waals surface area contributed by atoms with Crippen LogP contribution in [-0.4, -0.2) is 22.6 Å². The lowest BCUT2D eigenvalue weighted by atomic mass is 10.0. The summed E-state index contributed by atoms with van der Waals surface area (Å²) in [5.41, 5.74) is 3.42. The van der Waals surface area contributed by atoms with Gasteiger partial charge in [0, 0.05) is 18.0 Å². The number of ether oxygens (including phenoxy) is 1. The van der Waals surface area contributed by atoms with Crippen molar-refractivity contribution in [3.63, 3.8) is 0 Å². The van der Waals surface area contributed by atoms with Gasteiger partial charge in [-0.3, -0.25) is 0 Å². The number of nitrogens with zero attached hydrogens (tertiary/aromatic N) is 2. The number of methoxy groups -OCH3 is 1. The van der Waals surface area contributed by atoms with Crippen LogP contribution in [0.5, 0.6) is 5.75 Å². The van der Waals surface area contributed by atoms with E-state index in [0.717, 1.165) is 40.7 Å². The van der Waals surface area contributed by atoms with Gasteiger partial charge in [0.1, 0.15) is 17.4 Å². The SMILES string of the molecule is COc1ccc(C2c3cccn3-c3ccccc3CN2C(=O)Nc2cc(F)ccc2F)cc1. The van der Waals surface area contributed by atoms with E-state index in [0.29, 0.717) is 5.75 Å². The van der Waals surface area contributed by atoms with Crippen LogP contribution in [0.15, 0.2) is 85.1 Å². The van der Waals surface area contributed by atoms with E-state index >= 15 is 0 Å². The maximum Gasteiger partial charge on any atom is 0.323 e. The number of fused-ring (bicyclic) bond motifs is 3. The minimum Gasteiger partial charge on any atom is -0.497 e. The number of anilines is 1. The van der Waals surface area contributed by atoms with Crippen LogP contribution in [0.3, 0.4) is 0 Å². The number of halogens is 2. The lowest BCUT2D eigenvalue weighted by Gasteiger charge is -2.31. The molecule has 5 nitrogen and oxygen atoms in total. The predicted octanol–water partition coefficient (Wildman–Crippen LogP) is 5.90. The van der Waals surface area contributed by atoms with Gasteiger partial charge in [-0.25, -0.2) is 13.6 Å². The van der Waals surface area contributed by atoms with Gasteiger partial charge in [-0.15, -0.1) is 0 Å². The Morgan fingerprint density at radius 1 is 1.00 bits per heavy atom. The first-order valence-electron chi connectivity index (χ1n) is 10.5. The van der Waals surface area contributed by atoms with Crippen molar-refractivity contribution in [1.82, 2.24) is 9.47 Å². The highest BCUT2D eigenvalue weighted by Gasteiger charge is 2.33. The van der Waals surface area contributed by atoms with Crippen molar-refractivity contribution < 1.29 is 18.3 Å². The zero-order chi connectivity index (χ0) is 22.9. The number of rotatable bonds is 3. The van der Waals surface area contributed by atoms with Gasteiger partial charge >= 0.3 is 6.03 Å². The molecule has 1 aliphatic heterocycles. The molecule has 166 valence electrons. The fourth-order valence-corrected chi connectivity index (χ4v) is 4.26. The number of carbonyl (C=O) groups is 1. The lowest BCUT2D eigenvalue weighted by molar-refractivity contribution is 0.194. The summed E-state index contributed by atoms with van der Waals surface area (Å²) < 4.78 is 35.4. The maximum atomic E-state index is 14.3. The Bertz CT molecular complexity index is 1320. The van der Waals surface area contributed by atoms with Crippen LogP contribution < -0.4 is 10.1 Å². The molecule has 5 rings (SSSR count). The van der Waals surface area contributed by atoms with Crippen LogP contribution in [-0.2, 0) is 6.54 Å². The first-order chi connectivity index (χ1) is 16.0. The summed E-state index contributed by atoms with van der Waals surface area (Å²) in [5.74, 6) is -0.637. The van der Waals surface area contributed by atoms with Gasteiger partial charge in [-0.1, -0.05) is 30.3 Å². The average molecular weight is 445 g/mol. The fourth-order valence-electron chi connectivity index (χ4n) is 4.26. The summed E-state index contributed by atoms with van der Waals surface area (Å²) in [6.45, 7) is 0.275. The van der Waals surface area contributed by atoms with E-state index < -0.39 is 23.7 Å². The number of nitrogens with one attached hydrogen (secondary N) is 1. The average Bonchev–Trinajstić information content (AvgIpc) is 3.26. The van der Waals surface area contributed by atoms with Crippen LogP contribution in [0.2, 0.25) is 0 Å². The number of hydrogen-bond donors (Lipinski definition) is 1. The Morgan fingerprint density at radius 3 is 2.58 bits per heavy atom. The minimum absolute atomic E-state index is 0.207. The van der Waals surface area contributed by atoms with E-state index in [2.05, 4.69) is 9.88 Å². The van der Waals surface area contributed by atoms with Crippen molar-refractivity contribution >= 4 is 11.7 Å². The van der Waals surface area contributed by atoms with Gasteiger partial charge < -0.3 is 19.5 Å². The Labute approximate surface area is 189 Å². The Kier molecular flexibility index (Phi) is 5.30. The molecule has 0 spiro atoms. The van der Waals surface area contributed by atoms with Gasteiger partial charge in [0.25, 0.3) is 0 Å². The molecular weight excluding hydrogens is 424 g/mol. The van der Waals surface area contributed by atoms with Crippen LogP contribution in [0.25, 0.3) is 5.69 Å². The van der Waals surface area contributed by atoms with Gasteiger partial charge in [0.2, 0.25) is 0 Å². The molecule has 0 bridgehead atoms. The van der Waals surface area contributed by atoms with Crippen molar-refractivity contribution in [2.75, 3.05) is 12.4 Å². The largest absolute Gasteiger partial charge is 0.497 e. The van der Waals surface area contributed by atoms with E-state index in [1.165, 1.54) is 0 Å². The highest BCUT2D eigenvalue weighted by atomic mass is 19.1. The Balaban J connectivity index is 1.63. The molecule has 3 aromatic carbocycles. The van der Waals surface area contributed by atoms with Gasteiger partial charge in [-0.05, 0) is 53.6 Å². The van der Waals surface area contributed by atoms with Crippen molar-refractivity contribution in [2.45, 2.75) is 12.6 Å². The molecule has 1 atom stereocenters. The van der Waals surface area contributed by atoms with Crippen molar-refractivity contribution in [3.8, 4) is 11.4 Å². The molecule has 0 aliphatic carbocycles. The molecule has 2 amide bonds. The quantitative estimate of drug-likeness (QED) is 0.427. The highest BCUT2D eigenvalue weighted by molar-refractivity contribution is 5.90. The van der Waals surface area contributed by atoms with E-state index in [1.807, 2.05) is 66.9 Å². The number of para-hydroxylation sites is 1. The smallest absolute Gasteiger partial charge is 0.323 e. The summed E-state index contributed by atoms with van der Waals surface area (Å²) in [4.78, 5) is 15.2. The highest BCUT2D eigenvalue weighted by Crippen LogP contribution is 2.37. The molecule has 1 N–H and O–H groups in total. The molecule has 1 aromatic heterocycles. The first-order valence-corrected chi connectivity index (χ1v) is 10.5. The molecule has 4 aromatic rings. The van der Waals surface area contributed by atoms with Crippen LogP contribution in [0.1, 0.15) is 22.9 Å². The number of carbonyl (C=O) groups excluding carboxylic acids is 1. The Morgan fingerprint density at radius 2 is 1.79 bits per heavy atom. The van der Waals surface area contributed by atoms with E-state index in [4.69, 9.17) is 4.74 Å². The number of benzene rings is 3. The van der Waals surface area contributed by atoms with Crippen molar-refractivity contribution in [2.24, 2.45) is 0 Å². The zero-order valence-electron chi connectivity index (χ0n) is 17.8. The first kappa shape index (κ1) is 20.8. The molecule has 1 aliphatic rings. The summed E-state index contributed by atoms with van der Waals surface area (Å²) in [7, 11) is 1.59. The number of amides is 2. The summed E-state index contributed by atoms with van der Waals surface area (Å²) in [6.07, 6.45) is 1.96. The van der Waals surface area contributed by atoms with Gasteiger partial charge in [-0.2, -0.15) is 0 Å². The van der Waals surface area contributed by atoms with Crippen LogP contribution in [0.4, 0.5) is 19.3 Å². The van der Waals surface area contributed by atoms with Crippen molar-refractivity contribution in [3.05, 3.63) is 114 Å². The van der Waals surface area contributed by atoms with Gasteiger partial charge in [0.15, 0.2) is 0 Å². The second kappa shape index (κ2) is 8.43. The summed E-state index contributed by atoms with van der Waals surface area (Å²) in [6, 6.07) is 21.2. The van der Waals surface area contributed by atoms with Crippen LogP contribution >= 0.6 is 0 Å². The zero-order valence-corrected chi connectivity index (χ0v) is 17.8. The molecule has 0 radical (unpaired) electrons. The third kappa shape index (κ3) is 3.82. The number of urea groups is 1. The molecule has 33 heavy (non-hydrogen) atoms. The second-order valence-corrected chi connectivity index (χ2v) is 7.79. The maximum absolute atomic E-state index is 14.3. The number of aromatic nitrogens is 1. The normalized spacial score (nSPS) is 14.8. The summed E-state index contributed by atoms with van der Waals surface area (Å²) in [5, 5.41) is 2.56.